The maximum absolute atomic E-state index is 13.2. The molecule has 0 unspecified atom stereocenters. The maximum atomic E-state index is 13.2. The average molecular weight is 335 g/mol. The van der Waals surface area contributed by atoms with Gasteiger partial charge in [-0.25, -0.2) is 4.39 Å². The summed E-state index contributed by atoms with van der Waals surface area (Å²) in [6, 6.07) is 7.03. The number of amides is 2. The predicted molar refractivity (Wildman–Crippen MR) is 88.9 cm³/mol. The highest BCUT2D eigenvalue weighted by Gasteiger charge is 2.19. The second-order valence-corrected chi connectivity index (χ2v) is 6.10. The molecule has 0 bridgehead atoms. The largest absolute Gasteiger partial charge is 0.366 e. The van der Waals surface area contributed by atoms with Crippen molar-refractivity contribution in [3.8, 4) is 0 Å². The molecular formula is C16H18FN3O2S. The van der Waals surface area contributed by atoms with E-state index in [4.69, 9.17) is 5.73 Å². The van der Waals surface area contributed by atoms with Crippen LogP contribution in [-0.2, 0) is 4.79 Å². The van der Waals surface area contributed by atoms with Gasteiger partial charge in [-0.05, 0) is 43.0 Å². The van der Waals surface area contributed by atoms with E-state index < -0.39 is 11.9 Å². The van der Waals surface area contributed by atoms with E-state index in [-0.39, 0.29) is 23.3 Å². The maximum Gasteiger partial charge on any atom is 0.251 e. The Bertz CT molecular complexity index is 717. The van der Waals surface area contributed by atoms with Gasteiger partial charge in [0.1, 0.15) is 10.8 Å². The molecule has 0 aliphatic rings. The SMILES string of the molecule is C[C@H](N[C@H](C)C(=O)Nc1sccc1C(N)=O)c1cccc(F)c1. The van der Waals surface area contributed by atoms with Gasteiger partial charge < -0.3 is 11.1 Å². The number of thiophene rings is 1. The summed E-state index contributed by atoms with van der Waals surface area (Å²) in [6.45, 7) is 3.54. The van der Waals surface area contributed by atoms with E-state index in [2.05, 4.69) is 10.6 Å². The van der Waals surface area contributed by atoms with Gasteiger partial charge in [0.05, 0.1) is 11.6 Å². The van der Waals surface area contributed by atoms with Crippen LogP contribution in [0.25, 0.3) is 0 Å². The van der Waals surface area contributed by atoms with Gasteiger partial charge in [-0.2, -0.15) is 0 Å². The lowest BCUT2D eigenvalue weighted by Gasteiger charge is -2.20. The molecule has 122 valence electrons. The van der Waals surface area contributed by atoms with E-state index in [1.54, 1.807) is 30.5 Å². The number of anilines is 1. The van der Waals surface area contributed by atoms with E-state index in [0.717, 1.165) is 5.56 Å². The van der Waals surface area contributed by atoms with Crippen molar-refractivity contribution < 1.29 is 14.0 Å². The Morgan fingerprint density at radius 2 is 2.00 bits per heavy atom. The van der Waals surface area contributed by atoms with Crippen molar-refractivity contribution in [1.29, 1.82) is 0 Å². The molecule has 1 heterocycles. The monoisotopic (exact) mass is 335 g/mol. The number of nitrogens with one attached hydrogen (secondary N) is 2. The van der Waals surface area contributed by atoms with Crippen LogP contribution in [-0.4, -0.2) is 17.9 Å². The number of hydrogen-bond donors (Lipinski definition) is 3. The quantitative estimate of drug-likeness (QED) is 0.759. The molecule has 1 aromatic carbocycles. The van der Waals surface area contributed by atoms with Crippen LogP contribution in [0.1, 0.15) is 35.8 Å². The van der Waals surface area contributed by atoms with Crippen LogP contribution in [0.3, 0.4) is 0 Å². The molecule has 0 spiro atoms. The fourth-order valence-corrected chi connectivity index (χ4v) is 2.94. The molecule has 23 heavy (non-hydrogen) atoms. The van der Waals surface area contributed by atoms with Crippen molar-refractivity contribution in [2.75, 3.05) is 5.32 Å². The summed E-state index contributed by atoms with van der Waals surface area (Å²) < 4.78 is 13.2. The normalized spacial score (nSPS) is 13.3. The van der Waals surface area contributed by atoms with Gasteiger partial charge >= 0.3 is 0 Å². The van der Waals surface area contributed by atoms with Gasteiger partial charge in [-0.3, -0.25) is 14.9 Å². The first-order valence-corrected chi connectivity index (χ1v) is 7.96. The first kappa shape index (κ1) is 17.1. The zero-order valence-electron chi connectivity index (χ0n) is 12.8. The van der Waals surface area contributed by atoms with E-state index in [9.17, 15) is 14.0 Å². The molecule has 5 nitrogen and oxygen atoms in total. The Balaban J connectivity index is 1.99. The third-order valence-electron chi connectivity index (χ3n) is 3.41. The number of primary amides is 1. The summed E-state index contributed by atoms with van der Waals surface area (Å²) >= 11 is 1.23. The van der Waals surface area contributed by atoms with Gasteiger partial charge in [0.2, 0.25) is 5.91 Å². The topological polar surface area (TPSA) is 84.2 Å². The third-order valence-corrected chi connectivity index (χ3v) is 4.24. The van der Waals surface area contributed by atoms with Gasteiger partial charge in [0, 0.05) is 6.04 Å². The molecule has 7 heteroatoms. The molecule has 0 saturated carbocycles. The number of nitrogens with two attached hydrogens (primary N) is 1. The minimum absolute atomic E-state index is 0.203. The molecule has 0 aliphatic carbocycles. The summed E-state index contributed by atoms with van der Waals surface area (Å²) in [5.74, 6) is -1.20. The van der Waals surface area contributed by atoms with Crippen LogP contribution in [0, 0.1) is 5.82 Å². The Morgan fingerprint density at radius 1 is 1.26 bits per heavy atom. The third kappa shape index (κ3) is 4.37. The van der Waals surface area contributed by atoms with Gasteiger partial charge in [0.15, 0.2) is 0 Å². The summed E-state index contributed by atoms with van der Waals surface area (Å²) in [6.07, 6.45) is 0. The first-order valence-electron chi connectivity index (χ1n) is 7.08. The number of rotatable bonds is 6. The van der Waals surface area contributed by atoms with E-state index >= 15 is 0 Å². The van der Waals surface area contributed by atoms with Crippen LogP contribution < -0.4 is 16.4 Å². The number of hydrogen-bond acceptors (Lipinski definition) is 4. The van der Waals surface area contributed by atoms with E-state index in [0.29, 0.717) is 5.00 Å². The Hall–Kier alpha value is -2.25. The minimum atomic E-state index is -0.588. The summed E-state index contributed by atoms with van der Waals surface area (Å²) in [7, 11) is 0. The van der Waals surface area contributed by atoms with Crippen LogP contribution in [0.4, 0.5) is 9.39 Å². The lowest BCUT2D eigenvalue weighted by Crippen LogP contribution is -2.39. The van der Waals surface area contributed by atoms with Crippen LogP contribution in [0.2, 0.25) is 0 Å². The fraction of sp³-hybridized carbons (Fsp3) is 0.250. The highest BCUT2D eigenvalue weighted by atomic mass is 32.1. The molecule has 2 atom stereocenters. The highest BCUT2D eigenvalue weighted by Crippen LogP contribution is 2.23. The standard InChI is InChI=1S/C16H18FN3O2S/c1-9(11-4-3-5-12(17)8-11)19-10(2)15(22)20-16-13(14(18)21)6-7-23-16/h3-10,19H,1-2H3,(H2,18,21)(H,20,22)/t9-,10+/m0/s1. The molecule has 4 N–H and O–H groups in total. The molecule has 1 aromatic heterocycles. The Labute approximate surface area is 137 Å². The molecule has 0 aliphatic heterocycles. The van der Waals surface area contributed by atoms with Gasteiger partial charge in [0.25, 0.3) is 5.91 Å². The zero-order chi connectivity index (χ0) is 17.0. The first-order chi connectivity index (χ1) is 10.9. The number of benzene rings is 1. The molecule has 0 fully saturated rings. The van der Waals surface area contributed by atoms with Crippen molar-refractivity contribution in [3.05, 3.63) is 52.7 Å². The molecular weight excluding hydrogens is 317 g/mol. The average Bonchev–Trinajstić information content (AvgIpc) is 2.95. The molecule has 2 amide bonds. The number of carbonyl (C=O) groups excluding carboxylic acids is 2. The Morgan fingerprint density at radius 3 is 2.65 bits per heavy atom. The lowest BCUT2D eigenvalue weighted by molar-refractivity contribution is -0.117. The van der Waals surface area contributed by atoms with E-state index in [1.165, 1.54) is 23.5 Å². The predicted octanol–water partition coefficient (Wildman–Crippen LogP) is 2.66. The number of carbonyl (C=O) groups is 2. The highest BCUT2D eigenvalue weighted by molar-refractivity contribution is 7.14. The molecule has 2 rings (SSSR count). The smallest absolute Gasteiger partial charge is 0.251 e. The van der Waals surface area contributed by atoms with Crippen LogP contribution in [0.5, 0.6) is 0 Å². The van der Waals surface area contributed by atoms with Crippen molar-refractivity contribution in [3.63, 3.8) is 0 Å². The molecule has 2 aromatic rings. The summed E-state index contributed by atoms with van der Waals surface area (Å²) in [5.41, 5.74) is 6.28. The van der Waals surface area contributed by atoms with E-state index in [1.807, 2.05) is 6.92 Å². The van der Waals surface area contributed by atoms with Crippen molar-refractivity contribution in [2.24, 2.45) is 5.73 Å². The van der Waals surface area contributed by atoms with Crippen molar-refractivity contribution in [1.82, 2.24) is 5.32 Å². The fourth-order valence-electron chi connectivity index (χ4n) is 2.14. The number of halogens is 1. The summed E-state index contributed by atoms with van der Waals surface area (Å²) in [5, 5.41) is 7.89. The molecule has 0 saturated heterocycles. The van der Waals surface area contributed by atoms with Crippen LogP contribution >= 0.6 is 11.3 Å². The van der Waals surface area contributed by atoms with Gasteiger partial charge in [-0.15, -0.1) is 11.3 Å². The Kier molecular flexibility index (Phi) is 5.46. The minimum Gasteiger partial charge on any atom is -0.366 e. The molecule has 0 radical (unpaired) electrons. The second-order valence-electron chi connectivity index (χ2n) is 5.18. The van der Waals surface area contributed by atoms with Crippen molar-refractivity contribution in [2.45, 2.75) is 25.9 Å². The zero-order valence-corrected chi connectivity index (χ0v) is 13.6. The van der Waals surface area contributed by atoms with Crippen molar-refractivity contribution >= 4 is 28.2 Å². The lowest BCUT2D eigenvalue weighted by atomic mass is 10.1. The summed E-state index contributed by atoms with van der Waals surface area (Å²) in [4.78, 5) is 23.5. The van der Waals surface area contributed by atoms with Gasteiger partial charge in [-0.1, -0.05) is 12.1 Å². The van der Waals surface area contributed by atoms with Crippen LogP contribution in [0.15, 0.2) is 35.7 Å². The second kappa shape index (κ2) is 7.34.